The maximum atomic E-state index is 12.5. The predicted molar refractivity (Wildman–Crippen MR) is 140 cm³/mol. The topological polar surface area (TPSA) is 112 Å². The van der Waals surface area contributed by atoms with Gasteiger partial charge in [0.05, 0.1) is 20.3 Å². The van der Waals surface area contributed by atoms with Crippen LogP contribution in [0.3, 0.4) is 0 Å². The first kappa shape index (κ1) is 27.1. The standard InChI is InChI=1S/C28H30N2O7/c1-4-35-24-16-6-19(18-25(24)34-3)7-17-26(31)29-21-10-12-22(13-11-21)30-27(32)20-8-14-23(15-9-20)37-28(33)36-5-2/h6,8-16,18H,4-5,7,17H2,1-3H3,(H,29,31)(H,30,32). The van der Waals surface area contributed by atoms with E-state index >= 15 is 0 Å². The second kappa shape index (κ2) is 13.5. The number of carbonyl (C=O) groups is 3. The Hall–Kier alpha value is -4.53. The van der Waals surface area contributed by atoms with E-state index < -0.39 is 6.16 Å². The molecule has 2 N–H and O–H groups in total. The van der Waals surface area contributed by atoms with Crippen LogP contribution in [0.4, 0.5) is 16.2 Å². The second-order valence-electron chi connectivity index (χ2n) is 7.81. The number of hydrogen-bond acceptors (Lipinski definition) is 7. The van der Waals surface area contributed by atoms with Gasteiger partial charge in [0.1, 0.15) is 5.75 Å². The van der Waals surface area contributed by atoms with Crippen LogP contribution < -0.4 is 24.8 Å². The van der Waals surface area contributed by atoms with E-state index in [0.717, 1.165) is 5.56 Å². The third kappa shape index (κ3) is 8.28. The fourth-order valence-corrected chi connectivity index (χ4v) is 3.38. The van der Waals surface area contributed by atoms with Crippen molar-refractivity contribution in [2.75, 3.05) is 31.0 Å². The number of carbonyl (C=O) groups excluding carboxylic acids is 3. The van der Waals surface area contributed by atoms with Crippen molar-refractivity contribution in [3.8, 4) is 17.2 Å². The van der Waals surface area contributed by atoms with Gasteiger partial charge in [-0.2, -0.15) is 0 Å². The minimum Gasteiger partial charge on any atom is -0.493 e. The minimum absolute atomic E-state index is 0.130. The maximum Gasteiger partial charge on any atom is 0.513 e. The summed E-state index contributed by atoms with van der Waals surface area (Å²) in [6.45, 7) is 4.34. The first-order valence-corrected chi connectivity index (χ1v) is 11.9. The molecule has 0 heterocycles. The van der Waals surface area contributed by atoms with Crippen molar-refractivity contribution in [1.29, 1.82) is 0 Å². The SMILES string of the molecule is CCOC(=O)Oc1ccc(C(=O)Nc2ccc(NC(=O)CCc3ccc(OCC)c(OC)c3)cc2)cc1. The minimum atomic E-state index is -0.803. The van der Waals surface area contributed by atoms with Crippen LogP contribution >= 0.6 is 0 Å². The number of rotatable bonds is 11. The Morgan fingerprint density at radius 2 is 1.46 bits per heavy atom. The molecule has 9 heteroatoms. The summed E-state index contributed by atoms with van der Waals surface area (Å²) in [7, 11) is 1.58. The van der Waals surface area contributed by atoms with E-state index in [1.807, 2.05) is 25.1 Å². The molecule has 0 unspecified atom stereocenters. The lowest BCUT2D eigenvalue weighted by molar-refractivity contribution is -0.116. The number of anilines is 2. The van der Waals surface area contributed by atoms with E-state index in [1.54, 1.807) is 50.4 Å². The highest BCUT2D eigenvalue weighted by Gasteiger charge is 2.10. The van der Waals surface area contributed by atoms with E-state index in [9.17, 15) is 14.4 Å². The highest BCUT2D eigenvalue weighted by molar-refractivity contribution is 6.04. The van der Waals surface area contributed by atoms with Crippen LogP contribution in [-0.2, 0) is 16.0 Å². The number of aryl methyl sites for hydroxylation is 1. The molecular formula is C28H30N2O7. The van der Waals surface area contributed by atoms with Gasteiger partial charge in [-0.1, -0.05) is 6.07 Å². The van der Waals surface area contributed by atoms with Crippen molar-refractivity contribution in [2.45, 2.75) is 26.7 Å². The summed E-state index contributed by atoms with van der Waals surface area (Å²) in [5.74, 6) is 1.13. The van der Waals surface area contributed by atoms with Gasteiger partial charge in [0, 0.05) is 23.4 Å². The number of nitrogens with one attached hydrogen (secondary N) is 2. The van der Waals surface area contributed by atoms with Crippen molar-refractivity contribution in [3.05, 3.63) is 77.9 Å². The van der Waals surface area contributed by atoms with Gasteiger partial charge in [0.25, 0.3) is 5.91 Å². The van der Waals surface area contributed by atoms with Crippen molar-refractivity contribution in [1.82, 2.24) is 0 Å². The number of benzene rings is 3. The molecule has 194 valence electrons. The van der Waals surface area contributed by atoms with Crippen molar-refractivity contribution < 1.29 is 33.3 Å². The third-order valence-electron chi connectivity index (χ3n) is 5.18. The zero-order valence-electron chi connectivity index (χ0n) is 21.0. The summed E-state index contributed by atoms with van der Waals surface area (Å²) in [6.07, 6.45) is 0.0426. The number of ether oxygens (including phenoxy) is 4. The van der Waals surface area contributed by atoms with Gasteiger partial charge in [-0.05, 0) is 86.5 Å². The molecule has 2 amide bonds. The van der Waals surface area contributed by atoms with Gasteiger partial charge in [0.2, 0.25) is 5.91 Å². The predicted octanol–water partition coefficient (Wildman–Crippen LogP) is 5.45. The molecule has 0 fully saturated rings. The first-order valence-electron chi connectivity index (χ1n) is 11.9. The van der Waals surface area contributed by atoms with E-state index in [-0.39, 0.29) is 24.2 Å². The molecule has 3 rings (SSSR count). The summed E-state index contributed by atoms with van der Waals surface area (Å²) in [5.41, 5.74) is 2.54. The molecular weight excluding hydrogens is 476 g/mol. The Bertz CT molecular complexity index is 1210. The van der Waals surface area contributed by atoms with Crippen LogP contribution in [0.2, 0.25) is 0 Å². The summed E-state index contributed by atoms with van der Waals surface area (Å²) in [5, 5.41) is 5.64. The molecule has 0 aliphatic rings. The van der Waals surface area contributed by atoms with Crippen LogP contribution in [0.15, 0.2) is 66.7 Å². The molecule has 0 atom stereocenters. The molecule has 0 radical (unpaired) electrons. The van der Waals surface area contributed by atoms with Crippen molar-refractivity contribution in [2.24, 2.45) is 0 Å². The van der Waals surface area contributed by atoms with Gasteiger partial charge >= 0.3 is 6.16 Å². The highest BCUT2D eigenvalue weighted by Crippen LogP contribution is 2.28. The van der Waals surface area contributed by atoms with E-state index in [2.05, 4.69) is 10.6 Å². The number of hydrogen-bond donors (Lipinski definition) is 2. The molecule has 0 aromatic heterocycles. The van der Waals surface area contributed by atoms with Gasteiger partial charge in [-0.15, -0.1) is 0 Å². The molecule has 9 nitrogen and oxygen atoms in total. The number of methoxy groups -OCH3 is 1. The molecule has 0 saturated carbocycles. The largest absolute Gasteiger partial charge is 0.513 e. The van der Waals surface area contributed by atoms with Crippen LogP contribution in [-0.4, -0.2) is 38.3 Å². The Morgan fingerprint density at radius 1 is 0.784 bits per heavy atom. The fraction of sp³-hybridized carbons (Fsp3) is 0.250. The van der Waals surface area contributed by atoms with Gasteiger partial charge in [0.15, 0.2) is 11.5 Å². The lowest BCUT2D eigenvalue weighted by atomic mass is 10.1. The molecule has 0 aliphatic heterocycles. The third-order valence-corrected chi connectivity index (χ3v) is 5.18. The summed E-state index contributed by atoms with van der Waals surface area (Å²) in [4.78, 5) is 36.3. The fourth-order valence-electron chi connectivity index (χ4n) is 3.38. The summed E-state index contributed by atoms with van der Waals surface area (Å²) in [6, 6.07) is 18.5. The monoisotopic (exact) mass is 506 g/mol. The Balaban J connectivity index is 1.48. The zero-order valence-corrected chi connectivity index (χ0v) is 21.0. The summed E-state index contributed by atoms with van der Waals surface area (Å²) >= 11 is 0. The number of amides is 2. The molecule has 0 spiro atoms. The van der Waals surface area contributed by atoms with Crippen LogP contribution in [0, 0.1) is 0 Å². The van der Waals surface area contributed by atoms with Crippen LogP contribution in [0.25, 0.3) is 0 Å². The Morgan fingerprint density at radius 3 is 2.08 bits per heavy atom. The van der Waals surface area contributed by atoms with Crippen molar-refractivity contribution in [3.63, 3.8) is 0 Å². The van der Waals surface area contributed by atoms with Crippen molar-refractivity contribution >= 4 is 29.3 Å². The zero-order chi connectivity index (χ0) is 26.6. The lowest BCUT2D eigenvalue weighted by Crippen LogP contribution is -2.14. The lowest BCUT2D eigenvalue weighted by Gasteiger charge is -2.11. The van der Waals surface area contributed by atoms with Crippen LogP contribution in [0.5, 0.6) is 17.2 Å². The quantitative estimate of drug-likeness (QED) is 0.263. The average Bonchev–Trinajstić information content (AvgIpc) is 2.90. The molecule has 0 bridgehead atoms. The maximum absolute atomic E-state index is 12.5. The van der Waals surface area contributed by atoms with E-state index in [4.69, 9.17) is 18.9 Å². The van der Waals surface area contributed by atoms with E-state index in [0.29, 0.717) is 47.9 Å². The van der Waals surface area contributed by atoms with Gasteiger partial charge in [-0.3, -0.25) is 9.59 Å². The first-order chi connectivity index (χ1) is 17.9. The van der Waals surface area contributed by atoms with Gasteiger partial charge in [-0.25, -0.2) is 4.79 Å². The normalized spacial score (nSPS) is 10.2. The summed E-state index contributed by atoms with van der Waals surface area (Å²) < 4.78 is 20.6. The smallest absolute Gasteiger partial charge is 0.493 e. The Labute approximate surface area is 215 Å². The second-order valence-corrected chi connectivity index (χ2v) is 7.81. The van der Waals surface area contributed by atoms with Crippen LogP contribution in [0.1, 0.15) is 36.2 Å². The molecule has 0 saturated heterocycles. The molecule has 3 aromatic rings. The average molecular weight is 507 g/mol. The molecule has 0 aliphatic carbocycles. The molecule has 3 aromatic carbocycles. The highest BCUT2D eigenvalue weighted by atomic mass is 16.7. The molecule has 37 heavy (non-hydrogen) atoms. The van der Waals surface area contributed by atoms with E-state index in [1.165, 1.54) is 12.1 Å². The van der Waals surface area contributed by atoms with Gasteiger partial charge < -0.3 is 29.6 Å². The Kier molecular flexibility index (Phi) is 9.90.